The number of piperidine rings is 1. The Hall–Kier alpha value is -2.32. The molecule has 178 valence electrons. The second kappa shape index (κ2) is 13.3. The number of nitrogens with two attached hydrogens (primary N) is 1. The lowest BCUT2D eigenvalue weighted by Crippen LogP contribution is -2.48. The minimum atomic E-state index is -0.217. The Balaban J connectivity index is 1.22. The number of guanidine groups is 1. The third-order valence-electron chi connectivity index (χ3n) is 6.25. The largest absolute Gasteiger partial charge is 0.450 e. The quantitative estimate of drug-likeness (QED) is 0.345. The van der Waals surface area contributed by atoms with Crippen LogP contribution in [0.5, 0.6) is 0 Å². The summed E-state index contributed by atoms with van der Waals surface area (Å²) in [6.07, 6.45) is 3.71. The molecule has 0 atom stereocenters. The number of nitrogens with zero attached hydrogens (tertiary/aromatic N) is 4. The minimum absolute atomic E-state index is 0.217. The van der Waals surface area contributed by atoms with E-state index in [2.05, 4.69) is 50.4 Å². The molecular weight excluding hydrogens is 404 g/mol. The average molecular weight is 445 g/mol. The van der Waals surface area contributed by atoms with Crippen molar-refractivity contribution in [3.05, 3.63) is 35.9 Å². The molecule has 2 heterocycles. The summed E-state index contributed by atoms with van der Waals surface area (Å²) >= 11 is 0. The number of hydrogen-bond donors (Lipinski definition) is 2. The van der Waals surface area contributed by atoms with E-state index in [4.69, 9.17) is 10.5 Å². The van der Waals surface area contributed by atoms with Crippen LogP contribution >= 0.6 is 0 Å². The number of hydrogen-bond acceptors (Lipinski definition) is 5. The number of benzene rings is 1. The van der Waals surface area contributed by atoms with Crippen molar-refractivity contribution in [1.82, 2.24) is 20.0 Å². The van der Waals surface area contributed by atoms with E-state index in [0.717, 1.165) is 71.5 Å². The summed E-state index contributed by atoms with van der Waals surface area (Å²) in [5.74, 6) is 0.522. The topological polar surface area (TPSA) is 86.4 Å². The number of nitrogens with one attached hydrogen (secondary N) is 1. The summed E-state index contributed by atoms with van der Waals surface area (Å²) in [5, 5.41) is 3.31. The molecule has 2 aliphatic rings. The van der Waals surface area contributed by atoms with Gasteiger partial charge in [-0.1, -0.05) is 30.3 Å². The Morgan fingerprint density at radius 1 is 1.06 bits per heavy atom. The van der Waals surface area contributed by atoms with Gasteiger partial charge in [-0.25, -0.2) is 4.79 Å². The van der Waals surface area contributed by atoms with Crippen LogP contribution in [0.3, 0.4) is 0 Å². The van der Waals surface area contributed by atoms with Crippen molar-refractivity contribution in [2.75, 3.05) is 59.0 Å². The molecule has 1 aromatic rings. The molecule has 32 heavy (non-hydrogen) atoms. The number of piperazine rings is 1. The van der Waals surface area contributed by atoms with Gasteiger partial charge in [0.1, 0.15) is 0 Å². The van der Waals surface area contributed by atoms with E-state index in [1.807, 2.05) is 6.92 Å². The van der Waals surface area contributed by atoms with Crippen molar-refractivity contribution < 1.29 is 9.53 Å². The van der Waals surface area contributed by atoms with Gasteiger partial charge in [0, 0.05) is 58.4 Å². The van der Waals surface area contributed by atoms with Crippen LogP contribution in [-0.2, 0) is 11.3 Å². The molecule has 0 aliphatic carbocycles. The van der Waals surface area contributed by atoms with Gasteiger partial charge >= 0.3 is 6.09 Å². The van der Waals surface area contributed by atoms with Crippen LogP contribution in [0.2, 0.25) is 0 Å². The fourth-order valence-corrected chi connectivity index (χ4v) is 4.34. The summed E-state index contributed by atoms with van der Waals surface area (Å²) in [6, 6.07) is 11.0. The highest BCUT2D eigenvalue weighted by Gasteiger charge is 2.23. The first-order valence-electron chi connectivity index (χ1n) is 12.1. The predicted octanol–water partition coefficient (Wildman–Crippen LogP) is 2.11. The maximum Gasteiger partial charge on any atom is 0.409 e. The highest BCUT2D eigenvalue weighted by Crippen LogP contribution is 2.12. The van der Waals surface area contributed by atoms with Crippen LogP contribution in [0.1, 0.15) is 38.2 Å². The SMILES string of the molecule is CCOC(=O)N1CCC(NC(N)=NCCCCN2CCN(Cc3ccccc3)CC2)CC1. The number of ether oxygens (including phenoxy) is 1. The van der Waals surface area contributed by atoms with Gasteiger partial charge in [0.25, 0.3) is 0 Å². The Morgan fingerprint density at radius 2 is 1.75 bits per heavy atom. The highest BCUT2D eigenvalue weighted by molar-refractivity contribution is 5.78. The van der Waals surface area contributed by atoms with Crippen molar-refractivity contribution in [2.45, 2.75) is 45.2 Å². The van der Waals surface area contributed by atoms with E-state index in [9.17, 15) is 4.79 Å². The van der Waals surface area contributed by atoms with Crippen LogP contribution in [-0.4, -0.2) is 91.8 Å². The monoisotopic (exact) mass is 444 g/mol. The number of carbonyl (C=O) groups excluding carboxylic acids is 1. The Labute approximate surface area is 192 Å². The van der Waals surface area contributed by atoms with E-state index in [0.29, 0.717) is 25.7 Å². The van der Waals surface area contributed by atoms with Crippen molar-refractivity contribution in [1.29, 1.82) is 0 Å². The predicted molar refractivity (Wildman–Crippen MR) is 129 cm³/mol. The summed E-state index contributed by atoms with van der Waals surface area (Å²) in [4.78, 5) is 23.1. The molecule has 0 spiro atoms. The normalized spacial score (nSPS) is 19.2. The lowest BCUT2D eigenvalue weighted by atomic mass is 10.1. The molecule has 0 radical (unpaired) electrons. The van der Waals surface area contributed by atoms with Gasteiger partial charge in [-0.2, -0.15) is 0 Å². The Bertz CT molecular complexity index is 698. The number of unbranched alkanes of at least 4 members (excludes halogenated alkanes) is 1. The zero-order valence-corrected chi connectivity index (χ0v) is 19.5. The van der Waals surface area contributed by atoms with Gasteiger partial charge in [0.2, 0.25) is 0 Å². The van der Waals surface area contributed by atoms with Crippen molar-refractivity contribution >= 4 is 12.1 Å². The van der Waals surface area contributed by atoms with Crippen LogP contribution in [0, 0.1) is 0 Å². The first-order chi connectivity index (χ1) is 15.6. The van der Waals surface area contributed by atoms with Crippen molar-refractivity contribution in [2.24, 2.45) is 10.7 Å². The van der Waals surface area contributed by atoms with Crippen molar-refractivity contribution in [3.63, 3.8) is 0 Å². The third-order valence-corrected chi connectivity index (χ3v) is 6.25. The lowest BCUT2D eigenvalue weighted by Gasteiger charge is -2.34. The number of rotatable bonds is 9. The molecule has 1 amide bonds. The standard InChI is InChI=1S/C24H40N6O2/c1-2-32-24(31)30-14-10-22(11-15-30)27-23(25)26-12-6-7-13-28-16-18-29(19-17-28)20-21-8-4-3-5-9-21/h3-5,8-9,22H,2,6-7,10-20H2,1H3,(H3,25,26,27). The van der Waals surface area contributed by atoms with E-state index in [1.54, 1.807) is 4.90 Å². The van der Waals surface area contributed by atoms with Gasteiger partial charge in [0.15, 0.2) is 5.96 Å². The molecule has 0 saturated carbocycles. The highest BCUT2D eigenvalue weighted by atomic mass is 16.6. The van der Waals surface area contributed by atoms with Gasteiger partial charge < -0.3 is 25.6 Å². The lowest BCUT2D eigenvalue weighted by molar-refractivity contribution is 0.0963. The number of carbonyl (C=O) groups is 1. The maximum absolute atomic E-state index is 11.8. The fourth-order valence-electron chi connectivity index (χ4n) is 4.34. The smallest absolute Gasteiger partial charge is 0.409 e. The molecule has 0 bridgehead atoms. The Kier molecular flexibility index (Phi) is 10.1. The van der Waals surface area contributed by atoms with Crippen LogP contribution < -0.4 is 11.1 Å². The molecule has 0 unspecified atom stereocenters. The number of amides is 1. The number of likely N-dealkylation sites (tertiary alicyclic amines) is 1. The van der Waals surface area contributed by atoms with Crippen molar-refractivity contribution in [3.8, 4) is 0 Å². The van der Waals surface area contributed by atoms with Gasteiger partial charge in [-0.15, -0.1) is 0 Å². The zero-order valence-electron chi connectivity index (χ0n) is 19.5. The van der Waals surface area contributed by atoms with Gasteiger partial charge in [-0.05, 0) is 44.7 Å². The zero-order chi connectivity index (χ0) is 22.6. The van der Waals surface area contributed by atoms with Crippen LogP contribution in [0.25, 0.3) is 0 Å². The molecule has 2 aliphatic heterocycles. The molecular formula is C24H40N6O2. The first-order valence-corrected chi connectivity index (χ1v) is 12.1. The van der Waals surface area contributed by atoms with E-state index in [-0.39, 0.29) is 12.1 Å². The Morgan fingerprint density at radius 3 is 2.44 bits per heavy atom. The maximum atomic E-state index is 11.8. The molecule has 2 saturated heterocycles. The van der Waals surface area contributed by atoms with Crippen LogP contribution in [0.4, 0.5) is 4.79 Å². The molecule has 0 aromatic heterocycles. The summed E-state index contributed by atoms with van der Waals surface area (Å²) in [5.41, 5.74) is 7.47. The molecule has 2 fully saturated rings. The first kappa shape index (κ1) is 24.3. The second-order valence-corrected chi connectivity index (χ2v) is 8.68. The molecule has 8 nitrogen and oxygen atoms in total. The summed E-state index contributed by atoms with van der Waals surface area (Å²) in [7, 11) is 0. The third kappa shape index (κ3) is 8.31. The molecule has 3 rings (SSSR count). The van der Waals surface area contributed by atoms with E-state index < -0.39 is 0 Å². The van der Waals surface area contributed by atoms with Gasteiger partial charge in [-0.3, -0.25) is 9.89 Å². The average Bonchev–Trinajstić information content (AvgIpc) is 2.81. The van der Waals surface area contributed by atoms with Gasteiger partial charge in [0.05, 0.1) is 6.61 Å². The van der Waals surface area contributed by atoms with E-state index in [1.165, 1.54) is 5.56 Å². The molecule has 3 N–H and O–H groups in total. The minimum Gasteiger partial charge on any atom is -0.450 e. The number of aliphatic imine (C=N–C) groups is 1. The molecule has 1 aromatic carbocycles. The summed E-state index contributed by atoms with van der Waals surface area (Å²) < 4.78 is 5.06. The molecule has 8 heteroatoms. The summed E-state index contributed by atoms with van der Waals surface area (Å²) in [6.45, 7) is 11.1. The fraction of sp³-hybridized carbons (Fsp3) is 0.667. The second-order valence-electron chi connectivity index (χ2n) is 8.68. The van der Waals surface area contributed by atoms with Crippen LogP contribution in [0.15, 0.2) is 35.3 Å². The van der Waals surface area contributed by atoms with E-state index >= 15 is 0 Å².